The number of azo groups is 1. The van der Waals surface area contributed by atoms with Gasteiger partial charge >= 0.3 is 0 Å². The van der Waals surface area contributed by atoms with Crippen molar-refractivity contribution in [3.8, 4) is 22.5 Å². The van der Waals surface area contributed by atoms with Gasteiger partial charge in [0.25, 0.3) is 5.91 Å². The number of halogens is 2. The Morgan fingerprint density at radius 2 is 1.36 bits per heavy atom. The van der Waals surface area contributed by atoms with Gasteiger partial charge in [-0.2, -0.15) is 9.78 Å². The van der Waals surface area contributed by atoms with Crippen molar-refractivity contribution in [3.05, 3.63) is 119 Å². The SMILES string of the molecule is O=C(CC(=O)n1nc(-c2ccccc2)c(N=Nc2ccccc2Cl)c1-c1ccccc1)Nc1ccc(Cl)cc1. The summed E-state index contributed by atoms with van der Waals surface area (Å²) in [6.07, 6.45) is -0.445. The van der Waals surface area contributed by atoms with Gasteiger partial charge in [-0.15, -0.1) is 10.2 Å². The molecule has 0 aliphatic carbocycles. The molecule has 7 nitrogen and oxygen atoms in total. The molecule has 0 unspecified atom stereocenters. The lowest BCUT2D eigenvalue weighted by Gasteiger charge is -2.08. The van der Waals surface area contributed by atoms with Crippen LogP contribution in [0.2, 0.25) is 10.0 Å². The zero-order chi connectivity index (χ0) is 27.2. The first-order chi connectivity index (χ1) is 19.0. The van der Waals surface area contributed by atoms with Gasteiger partial charge in [0.2, 0.25) is 5.91 Å². The number of anilines is 1. The summed E-state index contributed by atoms with van der Waals surface area (Å²) < 4.78 is 1.22. The standard InChI is InChI=1S/C30H21Cl2N5O2/c31-22-15-17-23(18-16-22)33-26(38)19-27(39)37-30(21-11-5-2-6-12-21)29(28(36-37)20-9-3-1-4-10-20)35-34-25-14-8-7-13-24(25)32/h1-18H,19H2,(H,33,38). The lowest BCUT2D eigenvalue weighted by molar-refractivity contribution is -0.115. The van der Waals surface area contributed by atoms with Crippen molar-refractivity contribution in [1.29, 1.82) is 0 Å². The lowest BCUT2D eigenvalue weighted by atomic mass is 10.1. The molecule has 39 heavy (non-hydrogen) atoms. The van der Waals surface area contributed by atoms with Crippen LogP contribution < -0.4 is 5.32 Å². The van der Waals surface area contributed by atoms with Gasteiger partial charge in [-0.3, -0.25) is 9.59 Å². The topological polar surface area (TPSA) is 88.7 Å². The molecule has 9 heteroatoms. The average Bonchev–Trinajstić information content (AvgIpc) is 3.34. The van der Waals surface area contributed by atoms with Crippen LogP contribution in [0, 0.1) is 0 Å². The second-order valence-corrected chi connectivity index (χ2v) is 9.31. The molecule has 0 saturated carbocycles. The van der Waals surface area contributed by atoms with Crippen LogP contribution in [0.5, 0.6) is 0 Å². The van der Waals surface area contributed by atoms with Crippen molar-refractivity contribution < 1.29 is 9.59 Å². The fraction of sp³-hybridized carbons (Fsp3) is 0.0333. The maximum Gasteiger partial charge on any atom is 0.256 e. The largest absolute Gasteiger partial charge is 0.326 e. The van der Waals surface area contributed by atoms with E-state index in [0.717, 1.165) is 5.56 Å². The van der Waals surface area contributed by atoms with Crippen LogP contribution in [-0.4, -0.2) is 21.6 Å². The minimum atomic E-state index is -0.531. The van der Waals surface area contributed by atoms with E-state index in [9.17, 15) is 9.59 Å². The molecule has 0 radical (unpaired) electrons. The molecule has 0 fully saturated rings. The van der Waals surface area contributed by atoms with Crippen molar-refractivity contribution in [2.75, 3.05) is 5.32 Å². The molecule has 0 atom stereocenters. The number of benzene rings is 4. The molecule has 192 valence electrons. The molecular formula is C30H21Cl2N5O2. The number of carbonyl (C=O) groups excluding carboxylic acids is 2. The van der Waals surface area contributed by atoms with Gasteiger partial charge < -0.3 is 5.32 Å². The Labute approximate surface area is 234 Å². The zero-order valence-corrected chi connectivity index (χ0v) is 22.0. The Kier molecular flexibility index (Phi) is 7.91. The van der Waals surface area contributed by atoms with E-state index >= 15 is 0 Å². The highest BCUT2D eigenvalue weighted by Crippen LogP contribution is 2.40. The first-order valence-electron chi connectivity index (χ1n) is 12.0. The van der Waals surface area contributed by atoms with Gasteiger partial charge in [-0.25, -0.2) is 0 Å². The Balaban J connectivity index is 1.59. The van der Waals surface area contributed by atoms with Gasteiger partial charge in [-0.1, -0.05) is 96.0 Å². The Morgan fingerprint density at radius 3 is 2.03 bits per heavy atom. The summed E-state index contributed by atoms with van der Waals surface area (Å²) in [6.45, 7) is 0. The van der Waals surface area contributed by atoms with Crippen molar-refractivity contribution in [3.63, 3.8) is 0 Å². The molecule has 0 bridgehead atoms. The van der Waals surface area contributed by atoms with Crippen molar-refractivity contribution >= 4 is 52.1 Å². The van der Waals surface area contributed by atoms with Crippen molar-refractivity contribution in [2.24, 2.45) is 10.2 Å². The zero-order valence-electron chi connectivity index (χ0n) is 20.5. The second-order valence-electron chi connectivity index (χ2n) is 8.47. The van der Waals surface area contributed by atoms with Crippen LogP contribution in [0.3, 0.4) is 0 Å². The van der Waals surface area contributed by atoms with E-state index in [1.54, 1.807) is 42.5 Å². The predicted octanol–water partition coefficient (Wildman–Crippen LogP) is 8.61. The third-order valence-electron chi connectivity index (χ3n) is 5.74. The Bertz CT molecular complexity index is 1650. The summed E-state index contributed by atoms with van der Waals surface area (Å²) in [5.41, 5.74) is 3.65. The maximum atomic E-state index is 13.5. The highest BCUT2D eigenvalue weighted by Gasteiger charge is 2.25. The third kappa shape index (κ3) is 6.12. The molecule has 1 heterocycles. The Hall–Kier alpha value is -4.59. The summed E-state index contributed by atoms with van der Waals surface area (Å²) in [5, 5.41) is 17.3. The van der Waals surface area contributed by atoms with Crippen LogP contribution in [0.15, 0.2) is 119 Å². The quantitative estimate of drug-likeness (QED) is 0.161. The third-order valence-corrected chi connectivity index (χ3v) is 6.31. The normalized spacial score (nSPS) is 11.0. The first kappa shape index (κ1) is 26.0. The second kappa shape index (κ2) is 11.9. The fourth-order valence-corrected chi connectivity index (χ4v) is 4.22. The van der Waals surface area contributed by atoms with Gasteiger partial charge in [0.15, 0.2) is 0 Å². The number of aromatic nitrogens is 2. The molecule has 0 aliphatic rings. The molecule has 1 aromatic heterocycles. The summed E-state index contributed by atoms with van der Waals surface area (Å²) in [6, 6.07) is 32.3. The number of carbonyl (C=O) groups is 2. The molecule has 4 aromatic carbocycles. The summed E-state index contributed by atoms with van der Waals surface area (Å²) >= 11 is 12.2. The molecule has 1 amide bonds. The lowest BCUT2D eigenvalue weighted by Crippen LogP contribution is -2.22. The Morgan fingerprint density at radius 1 is 0.744 bits per heavy atom. The molecule has 0 aliphatic heterocycles. The molecule has 0 spiro atoms. The maximum absolute atomic E-state index is 13.5. The number of hydrogen-bond acceptors (Lipinski definition) is 5. The van der Waals surface area contributed by atoms with E-state index < -0.39 is 18.2 Å². The number of amides is 1. The van der Waals surface area contributed by atoms with E-state index in [2.05, 4.69) is 20.6 Å². The monoisotopic (exact) mass is 553 g/mol. The number of nitrogens with zero attached hydrogens (tertiary/aromatic N) is 4. The van der Waals surface area contributed by atoms with E-state index in [0.29, 0.717) is 44.1 Å². The highest BCUT2D eigenvalue weighted by molar-refractivity contribution is 6.33. The number of nitrogens with one attached hydrogen (secondary N) is 1. The number of hydrogen-bond donors (Lipinski definition) is 1. The summed E-state index contributed by atoms with van der Waals surface area (Å²) in [7, 11) is 0. The predicted molar refractivity (Wildman–Crippen MR) is 154 cm³/mol. The molecule has 1 N–H and O–H groups in total. The van der Waals surface area contributed by atoms with Gasteiger partial charge in [0.1, 0.15) is 29.2 Å². The molecule has 5 aromatic rings. The van der Waals surface area contributed by atoms with E-state index in [1.807, 2.05) is 66.7 Å². The smallest absolute Gasteiger partial charge is 0.256 e. The van der Waals surface area contributed by atoms with Crippen molar-refractivity contribution in [2.45, 2.75) is 6.42 Å². The molecular weight excluding hydrogens is 533 g/mol. The van der Waals surface area contributed by atoms with Crippen LogP contribution in [0.25, 0.3) is 22.5 Å². The van der Waals surface area contributed by atoms with Crippen molar-refractivity contribution in [1.82, 2.24) is 9.78 Å². The first-order valence-corrected chi connectivity index (χ1v) is 12.7. The fourth-order valence-electron chi connectivity index (χ4n) is 3.92. The number of rotatable bonds is 7. The minimum Gasteiger partial charge on any atom is -0.326 e. The average molecular weight is 554 g/mol. The van der Waals surface area contributed by atoms with Crippen LogP contribution in [0.4, 0.5) is 17.1 Å². The van der Waals surface area contributed by atoms with E-state index in [1.165, 1.54) is 4.68 Å². The van der Waals surface area contributed by atoms with Gasteiger partial charge in [0, 0.05) is 21.8 Å². The van der Waals surface area contributed by atoms with Gasteiger partial charge in [0.05, 0.1) is 5.02 Å². The minimum absolute atomic E-state index is 0.374. The van der Waals surface area contributed by atoms with E-state index in [4.69, 9.17) is 23.2 Å². The van der Waals surface area contributed by atoms with E-state index in [-0.39, 0.29) is 0 Å². The van der Waals surface area contributed by atoms with Gasteiger partial charge in [-0.05, 0) is 36.4 Å². The van der Waals surface area contributed by atoms with Crippen LogP contribution in [0.1, 0.15) is 11.2 Å². The summed E-state index contributed by atoms with van der Waals surface area (Å²) in [4.78, 5) is 26.3. The van der Waals surface area contributed by atoms with Crippen LogP contribution in [-0.2, 0) is 4.79 Å². The molecule has 0 saturated heterocycles. The van der Waals surface area contributed by atoms with Crippen LogP contribution >= 0.6 is 23.2 Å². The summed E-state index contributed by atoms with van der Waals surface area (Å²) in [5.74, 6) is -1.02. The molecule has 5 rings (SSSR count). The highest BCUT2D eigenvalue weighted by atomic mass is 35.5.